The summed E-state index contributed by atoms with van der Waals surface area (Å²) < 4.78 is 1.14. The van der Waals surface area contributed by atoms with Gasteiger partial charge in [0.2, 0.25) is 0 Å². The van der Waals surface area contributed by atoms with Crippen LogP contribution >= 0.6 is 51.2 Å². The van der Waals surface area contributed by atoms with Crippen molar-refractivity contribution in [3.05, 3.63) is 20.8 Å². The maximum absolute atomic E-state index is 4.64. The summed E-state index contributed by atoms with van der Waals surface area (Å²) in [5.74, 6) is 0.953. The van der Waals surface area contributed by atoms with Gasteiger partial charge in [0, 0.05) is 27.3 Å². The van der Waals surface area contributed by atoms with Crippen LogP contribution in [0.3, 0.4) is 0 Å². The van der Waals surface area contributed by atoms with Crippen LogP contribution in [0.1, 0.15) is 37.5 Å². The summed E-state index contributed by atoms with van der Waals surface area (Å²) in [5, 5.41) is 8.94. The number of nitrogens with one attached hydrogen (secondary N) is 2. The number of thiophene rings is 1. The Morgan fingerprint density at radius 1 is 1.47 bits per heavy atom. The molecule has 6 heteroatoms. The van der Waals surface area contributed by atoms with Gasteiger partial charge >= 0.3 is 0 Å². The summed E-state index contributed by atoms with van der Waals surface area (Å²) in [6.07, 6.45) is 5.23. The first-order chi connectivity index (χ1) is 8.78. The minimum absolute atomic E-state index is 0. The van der Waals surface area contributed by atoms with Crippen molar-refractivity contribution in [1.82, 2.24) is 10.6 Å². The third-order valence-corrected chi connectivity index (χ3v) is 4.74. The lowest BCUT2D eigenvalue weighted by Gasteiger charge is -2.16. The Morgan fingerprint density at radius 2 is 2.21 bits per heavy atom. The normalized spacial score (nSPS) is 16.2. The number of guanidine groups is 1. The number of halogens is 2. The molecule has 0 radical (unpaired) electrons. The molecular weight excluding hydrogens is 437 g/mol. The standard InChI is InChI=1S/C13H20BrN3S.HI/c1-2-15-13(17-11-5-3-4-6-11)16-8-12-7-10(14)9-18-12;/h7,9,11H,2-6,8H2,1H3,(H2,15,16,17);1H. The molecule has 1 aromatic rings. The summed E-state index contributed by atoms with van der Waals surface area (Å²) in [4.78, 5) is 5.93. The fourth-order valence-electron chi connectivity index (χ4n) is 2.18. The molecule has 0 atom stereocenters. The Kier molecular flexibility index (Phi) is 8.32. The summed E-state index contributed by atoms with van der Waals surface area (Å²) in [6, 6.07) is 2.74. The average molecular weight is 458 g/mol. The number of rotatable bonds is 4. The number of nitrogens with zero attached hydrogens (tertiary/aromatic N) is 1. The second-order valence-electron chi connectivity index (χ2n) is 4.55. The smallest absolute Gasteiger partial charge is 0.191 e. The fourth-order valence-corrected chi connectivity index (χ4v) is 3.55. The minimum Gasteiger partial charge on any atom is -0.357 e. The van der Waals surface area contributed by atoms with Crippen molar-refractivity contribution in [1.29, 1.82) is 0 Å². The van der Waals surface area contributed by atoms with Crippen molar-refractivity contribution < 1.29 is 0 Å². The van der Waals surface area contributed by atoms with E-state index in [0.717, 1.165) is 23.5 Å². The second kappa shape index (κ2) is 9.18. The summed E-state index contributed by atoms with van der Waals surface area (Å²) in [6.45, 7) is 3.76. The van der Waals surface area contributed by atoms with Crippen LogP contribution in [0.2, 0.25) is 0 Å². The van der Waals surface area contributed by atoms with Crippen molar-refractivity contribution >= 4 is 57.2 Å². The molecule has 0 aromatic carbocycles. The summed E-state index contributed by atoms with van der Waals surface area (Å²) in [7, 11) is 0. The average Bonchev–Trinajstić information content (AvgIpc) is 2.98. The van der Waals surface area contributed by atoms with E-state index in [1.54, 1.807) is 11.3 Å². The van der Waals surface area contributed by atoms with E-state index in [1.807, 2.05) is 0 Å². The van der Waals surface area contributed by atoms with Crippen LogP contribution < -0.4 is 10.6 Å². The fraction of sp³-hybridized carbons (Fsp3) is 0.615. The van der Waals surface area contributed by atoms with Gasteiger partial charge in [0.25, 0.3) is 0 Å². The topological polar surface area (TPSA) is 36.4 Å². The number of aliphatic imine (C=N–C) groups is 1. The predicted octanol–water partition coefficient (Wildman–Crippen LogP) is 4.13. The molecule has 2 rings (SSSR count). The highest BCUT2D eigenvalue weighted by molar-refractivity contribution is 14.0. The van der Waals surface area contributed by atoms with Gasteiger partial charge < -0.3 is 10.6 Å². The number of hydrogen-bond donors (Lipinski definition) is 2. The van der Waals surface area contributed by atoms with Crippen LogP contribution in [0, 0.1) is 0 Å². The van der Waals surface area contributed by atoms with Crippen LogP contribution in [-0.4, -0.2) is 18.5 Å². The minimum atomic E-state index is 0. The molecule has 1 aromatic heterocycles. The molecule has 2 N–H and O–H groups in total. The van der Waals surface area contributed by atoms with Gasteiger partial charge in [-0.15, -0.1) is 35.3 Å². The van der Waals surface area contributed by atoms with E-state index < -0.39 is 0 Å². The van der Waals surface area contributed by atoms with Gasteiger partial charge in [0.1, 0.15) is 0 Å². The summed E-state index contributed by atoms with van der Waals surface area (Å²) in [5.41, 5.74) is 0. The van der Waals surface area contributed by atoms with E-state index in [0.29, 0.717) is 6.04 Å². The Hall–Kier alpha value is 0.180. The Bertz CT molecular complexity index is 402. The lowest BCUT2D eigenvalue weighted by Crippen LogP contribution is -2.42. The van der Waals surface area contributed by atoms with Gasteiger partial charge in [-0.2, -0.15) is 0 Å². The lowest BCUT2D eigenvalue weighted by atomic mass is 10.2. The van der Waals surface area contributed by atoms with Crippen molar-refractivity contribution in [2.24, 2.45) is 4.99 Å². The molecular formula is C13H21BrIN3S. The summed E-state index contributed by atoms with van der Waals surface area (Å²) >= 11 is 5.21. The van der Waals surface area contributed by atoms with Gasteiger partial charge in [-0.1, -0.05) is 12.8 Å². The molecule has 108 valence electrons. The third kappa shape index (κ3) is 5.99. The Morgan fingerprint density at radius 3 is 2.79 bits per heavy atom. The zero-order valence-corrected chi connectivity index (χ0v) is 15.8. The van der Waals surface area contributed by atoms with Crippen molar-refractivity contribution in [3.8, 4) is 0 Å². The zero-order valence-electron chi connectivity index (χ0n) is 11.1. The van der Waals surface area contributed by atoms with Gasteiger partial charge in [-0.3, -0.25) is 0 Å². The van der Waals surface area contributed by atoms with E-state index in [-0.39, 0.29) is 24.0 Å². The maximum Gasteiger partial charge on any atom is 0.191 e. The Labute approximate surface area is 144 Å². The predicted molar refractivity (Wildman–Crippen MR) is 97.6 cm³/mol. The van der Waals surface area contributed by atoms with Crippen LogP contribution in [-0.2, 0) is 6.54 Å². The van der Waals surface area contributed by atoms with Gasteiger partial charge in [0.15, 0.2) is 5.96 Å². The molecule has 1 saturated carbocycles. The van der Waals surface area contributed by atoms with Crippen molar-refractivity contribution in [2.75, 3.05) is 6.54 Å². The Balaban J connectivity index is 0.00000180. The SMILES string of the molecule is CCNC(=NCc1cc(Br)cs1)NC1CCCC1.I. The lowest BCUT2D eigenvalue weighted by molar-refractivity contribution is 0.614. The molecule has 3 nitrogen and oxygen atoms in total. The molecule has 1 heterocycles. The highest BCUT2D eigenvalue weighted by atomic mass is 127. The van der Waals surface area contributed by atoms with Crippen LogP contribution in [0.5, 0.6) is 0 Å². The quantitative estimate of drug-likeness (QED) is 0.405. The molecule has 0 bridgehead atoms. The highest BCUT2D eigenvalue weighted by Gasteiger charge is 2.15. The first-order valence-corrected chi connectivity index (χ1v) is 8.23. The zero-order chi connectivity index (χ0) is 12.8. The van der Waals surface area contributed by atoms with Gasteiger partial charge in [0.05, 0.1) is 6.54 Å². The van der Waals surface area contributed by atoms with E-state index >= 15 is 0 Å². The molecule has 0 spiro atoms. The molecule has 0 aliphatic heterocycles. The molecule has 1 aliphatic rings. The van der Waals surface area contributed by atoms with E-state index in [9.17, 15) is 0 Å². The van der Waals surface area contributed by atoms with E-state index in [1.165, 1.54) is 30.6 Å². The van der Waals surface area contributed by atoms with Gasteiger partial charge in [-0.25, -0.2) is 4.99 Å². The first kappa shape index (κ1) is 17.2. The molecule has 19 heavy (non-hydrogen) atoms. The highest BCUT2D eigenvalue weighted by Crippen LogP contribution is 2.20. The van der Waals surface area contributed by atoms with E-state index in [4.69, 9.17) is 0 Å². The third-order valence-electron chi connectivity index (χ3n) is 3.06. The molecule has 1 aliphatic carbocycles. The molecule has 0 saturated heterocycles. The van der Waals surface area contributed by atoms with Crippen LogP contribution in [0.4, 0.5) is 0 Å². The van der Waals surface area contributed by atoms with Gasteiger partial charge in [-0.05, 0) is 41.8 Å². The van der Waals surface area contributed by atoms with Crippen LogP contribution in [0.25, 0.3) is 0 Å². The van der Waals surface area contributed by atoms with Crippen molar-refractivity contribution in [2.45, 2.75) is 45.2 Å². The molecule has 1 fully saturated rings. The maximum atomic E-state index is 4.64. The van der Waals surface area contributed by atoms with E-state index in [2.05, 4.69) is 49.9 Å². The monoisotopic (exact) mass is 457 g/mol. The van der Waals surface area contributed by atoms with Crippen LogP contribution in [0.15, 0.2) is 20.9 Å². The number of hydrogen-bond acceptors (Lipinski definition) is 2. The van der Waals surface area contributed by atoms with Crippen molar-refractivity contribution in [3.63, 3.8) is 0 Å². The first-order valence-electron chi connectivity index (χ1n) is 6.55. The molecule has 0 amide bonds. The second-order valence-corrected chi connectivity index (χ2v) is 6.46. The largest absolute Gasteiger partial charge is 0.357 e. The molecule has 0 unspecified atom stereocenters.